The number of amides is 2. The Balaban J connectivity index is 1.45. The molecule has 0 bridgehead atoms. The smallest absolute Gasteiger partial charge is 0.414 e. The number of ether oxygens (including phenoxy) is 1. The van der Waals surface area contributed by atoms with Crippen molar-refractivity contribution < 1.29 is 23.8 Å². The molecule has 2 atom stereocenters. The van der Waals surface area contributed by atoms with Gasteiger partial charge in [-0.1, -0.05) is 24.3 Å². The van der Waals surface area contributed by atoms with Crippen molar-refractivity contribution in [3.63, 3.8) is 0 Å². The van der Waals surface area contributed by atoms with Crippen molar-refractivity contribution >= 4 is 17.7 Å². The molecule has 10 heteroatoms. The van der Waals surface area contributed by atoms with Crippen LogP contribution in [0.3, 0.4) is 0 Å². The van der Waals surface area contributed by atoms with E-state index in [1.54, 1.807) is 36.4 Å². The van der Waals surface area contributed by atoms with Gasteiger partial charge in [-0.05, 0) is 29.3 Å². The molecule has 4 rings (SSSR count). The minimum atomic E-state index is -0.768. The first-order valence-corrected chi connectivity index (χ1v) is 10.1. The van der Waals surface area contributed by atoms with E-state index in [4.69, 9.17) is 4.74 Å². The molecule has 0 aliphatic carbocycles. The predicted molar refractivity (Wildman–Crippen MR) is 113 cm³/mol. The third-order valence-electron chi connectivity index (χ3n) is 5.18. The highest BCUT2D eigenvalue weighted by molar-refractivity contribution is 5.90. The number of cyclic esters (lactones) is 1. The Morgan fingerprint density at radius 2 is 2.12 bits per heavy atom. The fraction of sp³-hybridized carbons (Fsp3) is 0.273. The zero-order chi connectivity index (χ0) is 22.7. The number of anilines is 1. The average Bonchev–Trinajstić information content (AvgIpc) is 3.41. The quantitative estimate of drug-likeness (QED) is 0.520. The van der Waals surface area contributed by atoms with E-state index in [9.17, 15) is 19.1 Å². The largest absolute Gasteiger partial charge is 0.442 e. The maximum absolute atomic E-state index is 14.9. The van der Waals surface area contributed by atoms with E-state index in [0.717, 1.165) is 0 Å². The molecule has 32 heavy (non-hydrogen) atoms. The summed E-state index contributed by atoms with van der Waals surface area (Å²) in [5.41, 5.74) is 2.05. The van der Waals surface area contributed by atoms with Crippen LogP contribution in [0.15, 0.2) is 48.8 Å². The van der Waals surface area contributed by atoms with E-state index in [2.05, 4.69) is 20.5 Å². The molecule has 3 N–H and O–H groups in total. The average molecular weight is 439 g/mol. The van der Waals surface area contributed by atoms with Crippen molar-refractivity contribution in [2.75, 3.05) is 18.0 Å². The number of carbonyl (C=O) groups is 2. The van der Waals surface area contributed by atoms with E-state index in [1.165, 1.54) is 24.2 Å². The zero-order valence-corrected chi connectivity index (χ0v) is 17.3. The highest BCUT2D eigenvalue weighted by Gasteiger charge is 2.32. The highest BCUT2D eigenvalue weighted by atomic mass is 19.1. The maximum Gasteiger partial charge on any atom is 0.414 e. The van der Waals surface area contributed by atoms with Gasteiger partial charge in [0.05, 0.1) is 24.9 Å². The van der Waals surface area contributed by atoms with Crippen molar-refractivity contribution in [2.24, 2.45) is 0 Å². The Kier molecular flexibility index (Phi) is 6.13. The molecule has 1 aromatic heterocycles. The van der Waals surface area contributed by atoms with Gasteiger partial charge >= 0.3 is 6.09 Å². The van der Waals surface area contributed by atoms with Crippen LogP contribution in [0.25, 0.3) is 11.1 Å². The normalized spacial score (nSPS) is 16.7. The summed E-state index contributed by atoms with van der Waals surface area (Å²) in [6, 6.07) is 11.4. The second-order valence-corrected chi connectivity index (χ2v) is 7.49. The van der Waals surface area contributed by atoms with E-state index in [1.807, 2.05) is 0 Å². The third-order valence-corrected chi connectivity index (χ3v) is 5.18. The number of rotatable bonds is 7. The summed E-state index contributed by atoms with van der Waals surface area (Å²) in [5.74, 6) is -0.134. The molecule has 1 saturated heterocycles. The molecule has 3 aromatic rings. The van der Waals surface area contributed by atoms with Gasteiger partial charge in [0.25, 0.3) is 0 Å². The molecule has 1 aliphatic heterocycles. The Labute approximate surface area is 183 Å². The Bertz CT molecular complexity index is 1100. The number of aliphatic hydroxyl groups is 1. The fourth-order valence-electron chi connectivity index (χ4n) is 3.52. The molecular formula is C22H22FN5O4. The Morgan fingerprint density at radius 3 is 2.78 bits per heavy atom. The molecule has 9 nitrogen and oxygen atoms in total. The van der Waals surface area contributed by atoms with Crippen LogP contribution in [-0.2, 0) is 16.0 Å². The van der Waals surface area contributed by atoms with Crippen molar-refractivity contribution in [1.82, 2.24) is 20.5 Å². The number of hydrogen-bond donors (Lipinski definition) is 3. The molecule has 1 fully saturated rings. The first-order chi connectivity index (χ1) is 15.4. The number of carbonyl (C=O) groups excluding carboxylic acids is 2. The van der Waals surface area contributed by atoms with Crippen molar-refractivity contribution in [3.8, 4) is 11.1 Å². The summed E-state index contributed by atoms with van der Waals surface area (Å²) in [4.78, 5) is 28.5. The number of hydrogen-bond acceptors (Lipinski definition) is 6. The number of H-pyrrole nitrogens is 1. The minimum Gasteiger partial charge on any atom is -0.442 e. The van der Waals surface area contributed by atoms with Gasteiger partial charge < -0.3 is 15.2 Å². The lowest BCUT2D eigenvalue weighted by atomic mass is 10.00. The van der Waals surface area contributed by atoms with Gasteiger partial charge in [0.1, 0.15) is 24.1 Å². The third kappa shape index (κ3) is 4.75. The predicted octanol–water partition coefficient (Wildman–Crippen LogP) is 2.35. The zero-order valence-electron chi connectivity index (χ0n) is 17.3. The van der Waals surface area contributed by atoms with Gasteiger partial charge in [-0.15, -0.1) is 0 Å². The van der Waals surface area contributed by atoms with Gasteiger partial charge in [0.15, 0.2) is 0 Å². The van der Waals surface area contributed by atoms with Crippen LogP contribution in [0.5, 0.6) is 0 Å². The van der Waals surface area contributed by atoms with E-state index >= 15 is 0 Å². The molecule has 0 radical (unpaired) electrons. The summed E-state index contributed by atoms with van der Waals surface area (Å²) in [5, 5.41) is 19.4. The number of aromatic amines is 1. The first kappa shape index (κ1) is 21.4. The van der Waals surface area contributed by atoms with Crippen LogP contribution < -0.4 is 10.2 Å². The second kappa shape index (κ2) is 9.15. The summed E-state index contributed by atoms with van der Waals surface area (Å²) in [6.07, 6.45) is -0.182. The maximum atomic E-state index is 14.9. The van der Waals surface area contributed by atoms with Crippen LogP contribution >= 0.6 is 0 Å². The van der Waals surface area contributed by atoms with Crippen molar-refractivity contribution in [2.45, 2.75) is 25.6 Å². The molecule has 0 saturated carbocycles. The summed E-state index contributed by atoms with van der Waals surface area (Å²) < 4.78 is 20.1. The number of aliphatic hydroxyl groups excluding tert-OH is 1. The SMILES string of the molecule is CC(=O)NC[C@H]1CN(c2ccc(-c3ccc([C@@H](O)Cc4ncn[nH]4)cc3)c(F)c2)C(=O)O1. The van der Waals surface area contributed by atoms with Crippen LogP contribution in [0.2, 0.25) is 0 Å². The lowest BCUT2D eigenvalue weighted by molar-refractivity contribution is -0.119. The molecule has 166 valence electrons. The van der Waals surface area contributed by atoms with Crippen molar-refractivity contribution in [1.29, 1.82) is 0 Å². The molecule has 0 unspecified atom stereocenters. The summed E-state index contributed by atoms with van der Waals surface area (Å²) in [7, 11) is 0. The number of nitrogens with zero attached hydrogens (tertiary/aromatic N) is 3. The van der Waals surface area contributed by atoms with Crippen LogP contribution in [0.1, 0.15) is 24.4 Å². The van der Waals surface area contributed by atoms with Crippen LogP contribution in [0, 0.1) is 5.82 Å². The monoisotopic (exact) mass is 439 g/mol. The number of halogens is 1. The van der Waals surface area contributed by atoms with E-state index < -0.39 is 24.1 Å². The lowest BCUT2D eigenvalue weighted by Crippen LogP contribution is -2.33. The lowest BCUT2D eigenvalue weighted by Gasteiger charge is -2.15. The topological polar surface area (TPSA) is 120 Å². The Hall–Kier alpha value is -3.79. The van der Waals surface area contributed by atoms with Gasteiger partial charge in [0.2, 0.25) is 5.91 Å². The number of benzene rings is 2. The van der Waals surface area contributed by atoms with E-state index in [0.29, 0.717) is 28.2 Å². The van der Waals surface area contributed by atoms with Crippen LogP contribution in [-0.4, -0.2) is 51.5 Å². The van der Waals surface area contributed by atoms with Crippen LogP contribution in [0.4, 0.5) is 14.9 Å². The minimum absolute atomic E-state index is 0.201. The molecule has 2 amide bonds. The molecule has 1 aliphatic rings. The fourth-order valence-corrected chi connectivity index (χ4v) is 3.52. The molecule has 2 aromatic carbocycles. The second-order valence-electron chi connectivity index (χ2n) is 7.49. The van der Waals surface area contributed by atoms with E-state index in [-0.39, 0.29) is 25.4 Å². The molecular weight excluding hydrogens is 417 g/mol. The summed E-state index contributed by atoms with van der Waals surface area (Å²) in [6.45, 7) is 1.80. The molecule has 0 spiro atoms. The Morgan fingerprint density at radius 1 is 1.34 bits per heavy atom. The standard InChI is InChI=1S/C22H22FN5O4/c1-13(29)24-10-17-11-28(22(31)32-17)16-6-7-18(19(23)8-16)14-2-4-15(5-3-14)20(30)9-21-25-12-26-27-21/h2-8,12,17,20,30H,9-11H2,1H3,(H,24,29)(H,25,26,27)/t17-,20-/m0/s1. The summed E-state index contributed by atoms with van der Waals surface area (Å²) >= 11 is 0. The van der Waals surface area contributed by atoms with Gasteiger partial charge in [0, 0.05) is 18.9 Å². The highest BCUT2D eigenvalue weighted by Crippen LogP contribution is 2.30. The number of nitrogens with one attached hydrogen (secondary N) is 2. The first-order valence-electron chi connectivity index (χ1n) is 10.1. The van der Waals surface area contributed by atoms with Gasteiger partial charge in [-0.25, -0.2) is 14.2 Å². The molecule has 2 heterocycles. The van der Waals surface area contributed by atoms with Crippen molar-refractivity contribution in [3.05, 3.63) is 66.0 Å². The van der Waals surface area contributed by atoms with Gasteiger partial charge in [-0.3, -0.25) is 14.8 Å². The number of aromatic nitrogens is 3. The van der Waals surface area contributed by atoms with Gasteiger partial charge in [-0.2, -0.15) is 5.10 Å².